The molecule has 116 valence electrons. The third-order valence-electron chi connectivity index (χ3n) is 3.56. The normalized spacial score (nSPS) is 10.5. The van der Waals surface area contributed by atoms with Crippen molar-refractivity contribution in [2.75, 3.05) is 5.73 Å². The van der Waals surface area contributed by atoms with E-state index >= 15 is 0 Å². The Morgan fingerprint density at radius 1 is 1.13 bits per heavy atom. The lowest BCUT2D eigenvalue weighted by Crippen LogP contribution is -2.24. The predicted molar refractivity (Wildman–Crippen MR) is 88.1 cm³/mol. The molecule has 1 amide bonds. The molecule has 0 saturated carbocycles. The van der Waals surface area contributed by atoms with Crippen LogP contribution in [0.1, 0.15) is 21.6 Å². The number of amides is 1. The monoisotopic (exact) mass is 307 g/mol. The fraction of sp³-hybridized carbons (Fsp3) is 0.118. The lowest BCUT2D eigenvalue weighted by atomic mass is 10.2. The second-order valence-corrected chi connectivity index (χ2v) is 5.19. The highest BCUT2D eigenvalue weighted by Crippen LogP contribution is 2.18. The first-order valence-corrected chi connectivity index (χ1v) is 7.26. The molecule has 1 aromatic heterocycles. The van der Waals surface area contributed by atoms with Gasteiger partial charge in [-0.05, 0) is 24.1 Å². The summed E-state index contributed by atoms with van der Waals surface area (Å²) in [5.41, 5.74) is 8.99. The van der Waals surface area contributed by atoms with Crippen LogP contribution in [-0.2, 0) is 6.54 Å². The molecule has 0 atom stereocenters. The second-order valence-electron chi connectivity index (χ2n) is 5.19. The molecule has 23 heavy (non-hydrogen) atoms. The molecule has 0 bridgehead atoms. The number of carbonyl (C=O) groups excluding carboxylic acids is 1. The maximum atomic E-state index is 12.3. The highest BCUT2D eigenvalue weighted by Gasteiger charge is 2.18. The molecule has 1 heterocycles. The molecule has 2 aromatic carbocycles. The number of anilines is 1. The summed E-state index contributed by atoms with van der Waals surface area (Å²) in [6.45, 7) is 2.36. The average Bonchev–Trinajstić information content (AvgIpc) is 2.95. The van der Waals surface area contributed by atoms with Gasteiger partial charge in [0.2, 0.25) is 0 Å². The Kier molecular flexibility index (Phi) is 4.05. The van der Waals surface area contributed by atoms with E-state index in [-0.39, 0.29) is 17.4 Å². The Labute approximate surface area is 133 Å². The average molecular weight is 307 g/mol. The van der Waals surface area contributed by atoms with Crippen LogP contribution in [-0.4, -0.2) is 20.9 Å². The van der Waals surface area contributed by atoms with Gasteiger partial charge in [-0.1, -0.05) is 53.7 Å². The number of hydrogen-bond donors (Lipinski definition) is 2. The minimum atomic E-state index is -0.341. The lowest BCUT2D eigenvalue weighted by molar-refractivity contribution is 0.0947. The zero-order chi connectivity index (χ0) is 16.2. The van der Waals surface area contributed by atoms with Gasteiger partial charge in [-0.25, -0.2) is 0 Å². The third kappa shape index (κ3) is 3.06. The lowest BCUT2D eigenvalue weighted by Gasteiger charge is -2.07. The van der Waals surface area contributed by atoms with Crippen LogP contribution < -0.4 is 11.1 Å². The van der Waals surface area contributed by atoms with E-state index in [9.17, 15) is 4.79 Å². The molecule has 6 nitrogen and oxygen atoms in total. The van der Waals surface area contributed by atoms with Gasteiger partial charge >= 0.3 is 0 Å². The van der Waals surface area contributed by atoms with Crippen molar-refractivity contribution in [3.8, 4) is 5.69 Å². The molecule has 0 unspecified atom stereocenters. The Hall–Kier alpha value is -3.15. The molecule has 6 heteroatoms. The van der Waals surface area contributed by atoms with Crippen LogP contribution in [0.25, 0.3) is 5.69 Å². The minimum Gasteiger partial charge on any atom is -0.382 e. The Balaban J connectivity index is 1.79. The molecule has 0 radical (unpaired) electrons. The van der Waals surface area contributed by atoms with Crippen LogP contribution in [0.15, 0.2) is 54.6 Å². The van der Waals surface area contributed by atoms with Crippen molar-refractivity contribution < 1.29 is 4.79 Å². The summed E-state index contributed by atoms with van der Waals surface area (Å²) in [5.74, 6) is -0.115. The fourth-order valence-corrected chi connectivity index (χ4v) is 2.29. The number of hydrogen-bond acceptors (Lipinski definition) is 4. The van der Waals surface area contributed by atoms with Crippen molar-refractivity contribution >= 4 is 11.7 Å². The standard InChI is InChI=1S/C17H17N5O/c1-12-7-5-6-10-14(12)22-16(18)15(20-21-22)17(23)19-11-13-8-3-2-4-9-13/h2-10H,11,18H2,1H3,(H,19,23). The number of para-hydroxylation sites is 1. The van der Waals surface area contributed by atoms with Crippen molar-refractivity contribution in [2.45, 2.75) is 13.5 Å². The van der Waals surface area contributed by atoms with E-state index in [1.165, 1.54) is 4.68 Å². The van der Waals surface area contributed by atoms with Crippen molar-refractivity contribution in [3.63, 3.8) is 0 Å². The van der Waals surface area contributed by atoms with Crippen LogP contribution in [0.2, 0.25) is 0 Å². The third-order valence-corrected chi connectivity index (χ3v) is 3.56. The van der Waals surface area contributed by atoms with Gasteiger partial charge in [-0.3, -0.25) is 4.79 Å². The van der Waals surface area contributed by atoms with Gasteiger partial charge in [0.05, 0.1) is 5.69 Å². The number of nitrogen functional groups attached to an aromatic ring is 1. The van der Waals surface area contributed by atoms with Crippen molar-refractivity contribution in [2.24, 2.45) is 0 Å². The van der Waals surface area contributed by atoms with Crippen molar-refractivity contribution in [1.82, 2.24) is 20.3 Å². The van der Waals surface area contributed by atoms with Crippen molar-refractivity contribution in [1.29, 1.82) is 0 Å². The highest BCUT2D eigenvalue weighted by molar-refractivity contribution is 5.96. The van der Waals surface area contributed by atoms with Crippen LogP contribution in [0.4, 0.5) is 5.82 Å². The summed E-state index contributed by atoms with van der Waals surface area (Å²) in [4.78, 5) is 12.3. The molecule has 0 aliphatic rings. The number of nitrogens with two attached hydrogens (primary N) is 1. The van der Waals surface area contributed by atoms with Crippen LogP contribution in [0.5, 0.6) is 0 Å². The molecular weight excluding hydrogens is 290 g/mol. The SMILES string of the molecule is Cc1ccccc1-n1nnc(C(=O)NCc2ccccc2)c1N. The van der Waals surface area contributed by atoms with E-state index in [1.807, 2.05) is 61.5 Å². The van der Waals surface area contributed by atoms with Gasteiger partial charge in [-0.2, -0.15) is 4.68 Å². The van der Waals surface area contributed by atoms with Gasteiger partial charge in [-0.15, -0.1) is 5.10 Å². The summed E-state index contributed by atoms with van der Waals surface area (Å²) in [6.07, 6.45) is 0. The zero-order valence-electron chi connectivity index (χ0n) is 12.7. The van der Waals surface area contributed by atoms with Crippen LogP contribution >= 0.6 is 0 Å². The minimum absolute atomic E-state index is 0.129. The molecule has 3 N–H and O–H groups in total. The first kappa shape index (κ1) is 14.8. The number of aryl methyl sites for hydroxylation is 1. The summed E-state index contributed by atoms with van der Waals surface area (Å²) >= 11 is 0. The summed E-state index contributed by atoms with van der Waals surface area (Å²) in [7, 11) is 0. The van der Waals surface area contributed by atoms with Gasteiger partial charge in [0.25, 0.3) is 5.91 Å². The Morgan fingerprint density at radius 3 is 2.57 bits per heavy atom. The van der Waals surface area contributed by atoms with Gasteiger partial charge in [0, 0.05) is 6.54 Å². The number of aromatic nitrogens is 3. The molecule has 0 fully saturated rings. The van der Waals surface area contributed by atoms with Crippen LogP contribution in [0.3, 0.4) is 0 Å². The summed E-state index contributed by atoms with van der Waals surface area (Å²) < 4.78 is 1.48. The smallest absolute Gasteiger partial charge is 0.275 e. The molecular formula is C17H17N5O. The topological polar surface area (TPSA) is 85.8 Å². The zero-order valence-corrected chi connectivity index (χ0v) is 12.7. The number of benzene rings is 2. The number of carbonyl (C=O) groups is 1. The maximum Gasteiger partial charge on any atom is 0.275 e. The number of nitrogens with one attached hydrogen (secondary N) is 1. The van der Waals surface area contributed by atoms with Gasteiger partial charge < -0.3 is 11.1 Å². The fourth-order valence-electron chi connectivity index (χ4n) is 2.29. The predicted octanol–water partition coefficient (Wildman–Crippen LogP) is 2.09. The first-order chi connectivity index (χ1) is 11.2. The number of rotatable bonds is 4. The molecule has 0 saturated heterocycles. The molecule has 0 aliphatic carbocycles. The van der Waals surface area contributed by atoms with E-state index in [4.69, 9.17) is 5.73 Å². The summed E-state index contributed by atoms with van der Waals surface area (Å²) in [6, 6.07) is 17.3. The van der Waals surface area contributed by atoms with Gasteiger partial charge in [0.1, 0.15) is 0 Å². The van der Waals surface area contributed by atoms with E-state index in [0.717, 1.165) is 16.8 Å². The first-order valence-electron chi connectivity index (χ1n) is 7.26. The molecule has 0 aliphatic heterocycles. The van der Waals surface area contributed by atoms with Crippen molar-refractivity contribution in [3.05, 3.63) is 71.4 Å². The Bertz CT molecular complexity index is 826. The van der Waals surface area contributed by atoms with Gasteiger partial charge in [0.15, 0.2) is 11.5 Å². The Morgan fingerprint density at radius 2 is 1.83 bits per heavy atom. The molecule has 3 aromatic rings. The summed E-state index contributed by atoms with van der Waals surface area (Å²) in [5, 5.41) is 10.7. The second kappa shape index (κ2) is 6.31. The van der Waals surface area contributed by atoms with E-state index in [2.05, 4.69) is 15.6 Å². The highest BCUT2D eigenvalue weighted by atomic mass is 16.2. The van der Waals surface area contributed by atoms with E-state index in [0.29, 0.717) is 6.54 Å². The van der Waals surface area contributed by atoms with E-state index in [1.54, 1.807) is 0 Å². The van der Waals surface area contributed by atoms with Crippen LogP contribution in [0, 0.1) is 6.92 Å². The largest absolute Gasteiger partial charge is 0.382 e. The molecule has 3 rings (SSSR count). The van der Waals surface area contributed by atoms with E-state index < -0.39 is 0 Å². The quantitative estimate of drug-likeness (QED) is 0.773. The number of nitrogens with zero attached hydrogens (tertiary/aromatic N) is 3. The molecule has 0 spiro atoms. The maximum absolute atomic E-state index is 12.3.